The lowest BCUT2D eigenvalue weighted by Gasteiger charge is -2.46. The van der Waals surface area contributed by atoms with Gasteiger partial charge in [0.15, 0.2) is 0 Å². The summed E-state index contributed by atoms with van der Waals surface area (Å²) in [6.07, 6.45) is 0.101. The molecule has 1 aliphatic heterocycles. The number of carbonyl (C=O) groups excluding carboxylic acids is 1. The van der Waals surface area contributed by atoms with Crippen molar-refractivity contribution in [3.63, 3.8) is 0 Å². The van der Waals surface area contributed by atoms with Crippen molar-refractivity contribution in [1.29, 1.82) is 0 Å². The number of rotatable bonds is 7. The van der Waals surface area contributed by atoms with Crippen molar-refractivity contribution in [3.8, 4) is 0 Å². The first-order valence-corrected chi connectivity index (χ1v) is 8.44. The smallest absolute Gasteiger partial charge is 0.331 e. The van der Waals surface area contributed by atoms with Gasteiger partial charge in [-0.1, -0.05) is 47.8 Å². The maximum absolute atomic E-state index is 12.5. The Labute approximate surface area is 141 Å². The minimum Gasteiger partial charge on any atom is -0.391 e. The van der Waals surface area contributed by atoms with E-state index in [1.54, 1.807) is 11.9 Å². The topological polar surface area (TPSA) is 47.0 Å². The highest BCUT2D eigenvalue weighted by atomic mass is 16.3. The quantitative estimate of drug-likeness (QED) is 0.782. The van der Waals surface area contributed by atoms with E-state index in [9.17, 15) is 9.90 Å². The minimum atomic E-state index is -0.556. The number of β-amino-alcohol motifs (C(OH)–C–C–N with tert-alkyl or cyclic N) is 1. The number of carbonyl (C=O) groups is 1. The van der Waals surface area contributed by atoms with Crippen molar-refractivity contribution in [3.05, 3.63) is 24.8 Å². The zero-order chi connectivity index (χ0) is 17.9. The monoisotopic (exact) mass is 323 g/mol. The van der Waals surface area contributed by atoms with Crippen LogP contribution in [0.1, 0.15) is 41.0 Å². The van der Waals surface area contributed by atoms with Gasteiger partial charge in [0.25, 0.3) is 0 Å². The summed E-state index contributed by atoms with van der Waals surface area (Å²) < 4.78 is 0. The fraction of sp³-hybridized carbons (Fsp3) is 0.722. The van der Waals surface area contributed by atoms with Gasteiger partial charge in [0, 0.05) is 13.6 Å². The number of aliphatic hydroxyl groups is 1. The van der Waals surface area contributed by atoms with Crippen molar-refractivity contribution in [2.75, 3.05) is 20.1 Å². The molecule has 0 aromatic rings. The van der Waals surface area contributed by atoms with E-state index in [0.29, 0.717) is 35.8 Å². The van der Waals surface area contributed by atoms with E-state index >= 15 is 0 Å². The molecule has 0 saturated carbocycles. The molecule has 5 heteroatoms. The molecule has 0 bridgehead atoms. The normalized spacial score (nSPS) is 19.2. The number of aliphatic hydroxyl groups excluding tert-OH is 1. The average Bonchev–Trinajstić information content (AvgIpc) is 2.45. The summed E-state index contributed by atoms with van der Waals surface area (Å²) in [6, 6.07) is -0.184. The van der Waals surface area contributed by atoms with E-state index in [0.717, 1.165) is 6.54 Å². The average molecular weight is 323 g/mol. The summed E-state index contributed by atoms with van der Waals surface area (Å²) >= 11 is 0. The van der Waals surface area contributed by atoms with Crippen molar-refractivity contribution < 1.29 is 9.90 Å². The van der Waals surface area contributed by atoms with Gasteiger partial charge in [-0.2, -0.15) is 0 Å². The van der Waals surface area contributed by atoms with Gasteiger partial charge in [-0.25, -0.2) is 4.79 Å². The molecule has 132 valence electrons. The van der Waals surface area contributed by atoms with Gasteiger partial charge in [0.2, 0.25) is 0 Å². The largest absolute Gasteiger partial charge is 0.391 e. The summed E-state index contributed by atoms with van der Waals surface area (Å²) in [6.45, 7) is 19.8. The number of hydrogen-bond acceptors (Lipinski definition) is 3. The van der Waals surface area contributed by atoms with Crippen LogP contribution >= 0.6 is 0 Å². The highest BCUT2D eigenvalue weighted by Gasteiger charge is 2.35. The van der Waals surface area contributed by atoms with Gasteiger partial charge in [0.05, 0.1) is 12.6 Å². The first kappa shape index (κ1) is 19.6. The molecule has 0 aromatic heterocycles. The Kier molecular flexibility index (Phi) is 6.69. The molecule has 1 aliphatic rings. The van der Waals surface area contributed by atoms with Crippen LogP contribution in [0.5, 0.6) is 0 Å². The maximum atomic E-state index is 12.5. The second kappa shape index (κ2) is 7.86. The molecule has 2 atom stereocenters. The van der Waals surface area contributed by atoms with Gasteiger partial charge in [-0.15, -0.1) is 0 Å². The Hall–Kier alpha value is -1.49. The fourth-order valence-electron chi connectivity index (χ4n) is 2.60. The predicted molar refractivity (Wildman–Crippen MR) is 94.3 cm³/mol. The van der Waals surface area contributed by atoms with Crippen LogP contribution in [0, 0.1) is 17.8 Å². The van der Waals surface area contributed by atoms with Crippen LogP contribution in [0.15, 0.2) is 24.8 Å². The predicted octanol–water partition coefficient (Wildman–Crippen LogP) is 3.30. The lowest BCUT2D eigenvalue weighted by molar-refractivity contribution is 0.0720. The SMILES string of the molecule is C=C1N(C)C(=O)N(CC(O)CC(C)C)C(=C)N1CC(C)C(C)C. The van der Waals surface area contributed by atoms with Gasteiger partial charge >= 0.3 is 6.03 Å². The number of amides is 2. The summed E-state index contributed by atoms with van der Waals surface area (Å²) in [5.41, 5.74) is 0. The highest BCUT2D eigenvalue weighted by Crippen LogP contribution is 2.28. The van der Waals surface area contributed by atoms with E-state index in [2.05, 4.69) is 47.8 Å². The second-order valence-corrected chi connectivity index (χ2v) is 7.40. The fourth-order valence-corrected chi connectivity index (χ4v) is 2.60. The molecule has 0 radical (unpaired) electrons. The first-order valence-electron chi connectivity index (χ1n) is 8.44. The molecule has 0 aromatic carbocycles. The lowest BCUT2D eigenvalue weighted by Crippen LogP contribution is -2.55. The van der Waals surface area contributed by atoms with Crippen LogP contribution in [0.25, 0.3) is 0 Å². The van der Waals surface area contributed by atoms with Gasteiger partial charge in [-0.3, -0.25) is 9.80 Å². The Balaban J connectivity index is 2.91. The molecule has 2 unspecified atom stereocenters. The van der Waals surface area contributed by atoms with Crippen LogP contribution in [0.4, 0.5) is 4.79 Å². The van der Waals surface area contributed by atoms with Gasteiger partial charge in [0.1, 0.15) is 11.6 Å². The van der Waals surface area contributed by atoms with Crippen molar-refractivity contribution >= 4 is 6.03 Å². The molecule has 1 N–H and O–H groups in total. The molecule has 0 aliphatic carbocycles. The van der Waals surface area contributed by atoms with Crippen molar-refractivity contribution in [2.24, 2.45) is 17.8 Å². The summed E-state index contributed by atoms with van der Waals surface area (Å²) in [4.78, 5) is 17.6. The number of hydrogen-bond donors (Lipinski definition) is 1. The third-order valence-electron chi connectivity index (χ3n) is 4.59. The minimum absolute atomic E-state index is 0.184. The van der Waals surface area contributed by atoms with Crippen molar-refractivity contribution in [2.45, 2.75) is 47.1 Å². The van der Waals surface area contributed by atoms with Crippen LogP contribution in [-0.4, -0.2) is 52.1 Å². The Bertz CT molecular complexity index is 459. The van der Waals surface area contributed by atoms with Gasteiger partial charge in [-0.05, 0) is 24.2 Å². The molecule has 5 nitrogen and oxygen atoms in total. The van der Waals surface area contributed by atoms with E-state index < -0.39 is 6.10 Å². The molecule has 2 amide bonds. The Morgan fingerprint density at radius 3 is 2.04 bits per heavy atom. The molecule has 0 spiro atoms. The second-order valence-electron chi connectivity index (χ2n) is 7.40. The zero-order valence-corrected chi connectivity index (χ0v) is 15.5. The van der Waals surface area contributed by atoms with Crippen LogP contribution in [-0.2, 0) is 0 Å². The van der Waals surface area contributed by atoms with Crippen LogP contribution < -0.4 is 0 Å². The maximum Gasteiger partial charge on any atom is 0.331 e. The Morgan fingerprint density at radius 1 is 1.00 bits per heavy atom. The summed E-state index contributed by atoms with van der Waals surface area (Å²) in [7, 11) is 1.71. The molecular formula is C18H33N3O2. The Morgan fingerprint density at radius 2 is 1.57 bits per heavy atom. The standard InChI is InChI=1S/C18H33N3O2/c1-12(2)9-17(22)11-21-16(7)20(10-14(5)13(3)4)15(6)19(8)18(21)23/h12-14,17,22H,6-7,9-11H2,1-5,8H3. The van der Waals surface area contributed by atoms with Gasteiger partial charge < -0.3 is 10.0 Å². The first-order chi connectivity index (χ1) is 10.6. The molecule has 1 saturated heterocycles. The lowest BCUT2D eigenvalue weighted by atomic mass is 9.97. The molecular weight excluding hydrogens is 290 g/mol. The highest BCUT2D eigenvalue weighted by molar-refractivity contribution is 5.79. The molecule has 23 heavy (non-hydrogen) atoms. The summed E-state index contributed by atoms with van der Waals surface area (Å²) in [5.74, 6) is 2.59. The van der Waals surface area contributed by atoms with Crippen LogP contribution in [0.2, 0.25) is 0 Å². The zero-order valence-electron chi connectivity index (χ0n) is 15.5. The number of nitrogens with zero attached hydrogens (tertiary/aromatic N) is 3. The van der Waals surface area contributed by atoms with E-state index in [4.69, 9.17) is 0 Å². The molecule has 1 rings (SSSR count). The number of urea groups is 1. The van der Waals surface area contributed by atoms with E-state index in [-0.39, 0.29) is 12.6 Å². The van der Waals surface area contributed by atoms with E-state index in [1.807, 2.05) is 4.90 Å². The third kappa shape index (κ3) is 4.74. The summed E-state index contributed by atoms with van der Waals surface area (Å²) in [5, 5.41) is 10.2. The van der Waals surface area contributed by atoms with E-state index in [1.165, 1.54) is 4.90 Å². The third-order valence-corrected chi connectivity index (χ3v) is 4.59. The van der Waals surface area contributed by atoms with Crippen molar-refractivity contribution in [1.82, 2.24) is 14.7 Å². The molecule has 1 heterocycles. The molecule has 1 fully saturated rings. The van der Waals surface area contributed by atoms with Crippen LogP contribution in [0.3, 0.4) is 0 Å².